The van der Waals surface area contributed by atoms with Gasteiger partial charge in [0.1, 0.15) is 23.9 Å². The van der Waals surface area contributed by atoms with Gasteiger partial charge in [0.25, 0.3) is 0 Å². The number of ether oxygens (including phenoxy) is 4. The van der Waals surface area contributed by atoms with E-state index in [2.05, 4.69) is 76.9 Å². The molecule has 1 saturated heterocycles. The minimum Gasteiger partial charge on any atom is -0.494 e. The van der Waals surface area contributed by atoms with Crippen LogP contribution in [0.2, 0.25) is 0 Å². The van der Waals surface area contributed by atoms with Gasteiger partial charge in [0.15, 0.2) is 0 Å². The third-order valence-electron chi connectivity index (χ3n) is 6.91. The standard InChI is InChI=1S/C33H38N2O4/c1-2-37-33-11-6-5-10-28(33)24-36-20-7-21-38-31-16-13-29(14-17-31)35-19-18-34-23-30(35)25-39-32-15-12-26-8-3-4-9-27(26)22-32/h3-6,8-17,22,30,34H,2,7,18-21,23-25H2,1H3/t30-/m1/s1. The second-order valence-corrected chi connectivity index (χ2v) is 9.66. The first-order valence-corrected chi connectivity index (χ1v) is 13.9. The SMILES string of the molecule is CCOc1ccccc1COCCCOc1ccc(N2CCNC[C@@H]2COc2ccc3ccccc3c2)cc1. The molecule has 4 aromatic rings. The van der Waals surface area contributed by atoms with Crippen molar-refractivity contribution in [3.63, 3.8) is 0 Å². The highest BCUT2D eigenvalue weighted by Crippen LogP contribution is 2.25. The van der Waals surface area contributed by atoms with Crippen LogP contribution in [0.5, 0.6) is 17.2 Å². The number of piperazine rings is 1. The zero-order valence-corrected chi connectivity index (χ0v) is 22.7. The largest absolute Gasteiger partial charge is 0.494 e. The van der Waals surface area contributed by atoms with Crippen LogP contribution in [0.1, 0.15) is 18.9 Å². The minimum atomic E-state index is 0.252. The maximum absolute atomic E-state index is 6.24. The summed E-state index contributed by atoms with van der Waals surface area (Å²) < 4.78 is 23.7. The molecule has 1 atom stereocenters. The van der Waals surface area contributed by atoms with Crippen LogP contribution in [0.25, 0.3) is 10.8 Å². The van der Waals surface area contributed by atoms with Gasteiger partial charge in [-0.25, -0.2) is 0 Å². The van der Waals surface area contributed by atoms with Gasteiger partial charge < -0.3 is 29.2 Å². The predicted molar refractivity (Wildman–Crippen MR) is 157 cm³/mol. The molecule has 1 N–H and O–H groups in total. The smallest absolute Gasteiger partial charge is 0.124 e. The van der Waals surface area contributed by atoms with Gasteiger partial charge in [-0.2, -0.15) is 0 Å². The Labute approximate surface area is 231 Å². The Bertz CT molecular complexity index is 1310. The van der Waals surface area contributed by atoms with Crippen molar-refractivity contribution < 1.29 is 18.9 Å². The van der Waals surface area contributed by atoms with Crippen LogP contribution >= 0.6 is 0 Å². The van der Waals surface area contributed by atoms with Crippen molar-refractivity contribution in [2.45, 2.75) is 26.0 Å². The summed E-state index contributed by atoms with van der Waals surface area (Å²) >= 11 is 0. The monoisotopic (exact) mass is 526 g/mol. The highest BCUT2D eigenvalue weighted by molar-refractivity contribution is 5.83. The summed E-state index contributed by atoms with van der Waals surface area (Å²) in [5.74, 6) is 2.67. The fourth-order valence-corrected chi connectivity index (χ4v) is 4.89. The zero-order valence-electron chi connectivity index (χ0n) is 22.7. The maximum atomic E-state index is 6.24. The van der Waals surface area contributed by atoms with Gasteiger partial charge in [-0.05, 0) is 60.2 Å². The zero-order chi connectivity index (χ0) is 26.7. The molecule has 204 valence electrons. The molecule has 1 heterocycles. The van der Waals surface area contributed by atoms with E-state index in [0.29, 0.717) is 33.0 Å². The third kappa shape index (κ3) is 7.43. The lowest BCUT2D eigenvalue weighted by atomic mass is 10.1. The Morgan fingerprint density at radius 2 is 1.59 bits per heavy atom. The van der Waals surface area contributed by atoms with Crippen LogP contribution in [0, 0.1) is 0 Å². The summed E-state index contributed by atoms with van der Waals surface area (Å²) in [5, 5.41) is 5.93. The van der Waals surface area contributed by atoms with Gasteiger partial charge in [0.05, 0.1) is 32.5 Å². The predicted octanol–water partition coefficient (Wildman–Crippen LogP) is 6.08. The molecule has 1 aliphatic rings. The average Bonchev–Trinajstić information content (AvgIpc) is 2.99. The number of nitrogens with zero attached hydrogens (tertiary/aromatic N) is 1. The Morgan fingerprint density at radius 1 is 0.795 bits per heavy atom. The van der Waals surface area contributed by atoms with Gasteiger partial charge >= 0.3 is 0 Å². The molecule has 1 fully saturated rings. The van der Waals surface area contributed by atoms with Gasteiger partial charge in [-0.15, -0.1) is 0 Å². The van der Waals surface area contributed by atoms with Crippen LogP contribution in [-0.4, -0.2) is 52.1 Å². The van der Waals surface area contributed by atoms with Gasteiger partial charge in [0, 0.05) is 37.3 Å². The highest BCUT2D eigenvalue weighted by Gasteiger charge is 2.23. The van der Waals surface area contributed by atoms with Crippen molar-refractivity contribution in [3.8, 4) is 17.2 Å². The van der Waals surface area contributed by atoms with E-state index < -0.39 is 0 Å². The van der Waals surface area contributed by atoms with Gasteiger partial charge in [-0.1, -0.05) is 48.5 Å². The first-order chi connectivity index (χ1) is 19.3. The van der Waals surface area contributed by atoms with Crippen molar-refractivity contribution in [1.29, 1.82) is 0 Å². The van der Waals surface area contributed by atoms with E-state index in [-0.39, 0.29) is 6.04 Å². The summed E-state index contributed by atoms with van der Waals surface area (Å²) in [5.41, 5.74) is 2.26. The van der Waals surface area contributed by atoms with Crippen LogP contribution in [-0.2, 0) is 11.3 Å². The molecule has 39 heavy (non-hydrogen) atoms. The molecule has 0 radical (unpaired) electrons. The Hall–Kier alpha value is -3.74. The lowest BCUT2D eigenvalue weighted by Gasteiger charge is -2.37. The Balaban J connectivity index is 1.07. The molecule has 0 amide bonds. The number of hydrogen-bond donors (Lipinski definition) is 1. The second kappa shape index (κ2) is 13.9. The molecule has 6 heteroatoms. The molecule has 5 rings (SSSR count). The molecule has 0 saturated carbocycles. The first-order valence-electron chi connectivity index (χ1n) is 13.9. The molecule has 4 aromatic carbocycles. The molecule has 0 aliphatic carbocycles. The number of nitrogens with one attached hydrogen (secondary N) is 1. The number of anilines is 1. The molecule has 0 bridgehead atoms. The van der Waals surface area contributed by atoms with Crippen molar-refractivity contribution in [1.82, 2.24) is 5.32 Å². The lowest BCUT2D eigenvalue weighted by Crippen LogP contribution is -2.54. The van der Waals surface area contributed by atoms with Crippen LogP contribution < -0.4 is 24.4 Å². The minimum absolute atomic E-state index is 0.252. The maximum Gasteiger partial charge on any atom is 0.124 e. The number of fused-ring (bicyclic) bond motifs is 1. The van der Waals surface area contributed by atoms with Crippen molar-refractivity contribution in [2.75, 3.05) is 51.0 Å². The number of benzene rings is 4. The van der Waals surface area contributed by atoms with Crippen LogP contribution in [0.4, 0.5) is 5.69 Å². The van der Waals surface area contributed by atoms with Crippen LogP contribution in [0.3, 0.4) is 0 Å². The number of hydrogen-bond acceptors (Lipinski definition) is 6. The average molecular weight is 527 g/mol. The molecule has 1 aliphatic heterocycles. The van der Waals surface area contributed by atoms with E-state index in [1.54, 1.807) is 0 Å². The summed E-state index contributed by atoms with van der Waals surface area (Å²) in [6.07, 6.45) is 0.824. The van der Waals surface area contributed by atoms with E-state index in [9.17, 15) is 0 Å². The summed E-state index contributed by atoms with van der Waals surface area (Å²) in [6.45, 7) is 7.85. The van der Waals surface area contributed by atoms with Gasteiger partial charge in [0.2, 0.25) is 0 Å². The molecule has 6 nitrogen and oxygen atoms in total. The quantitative estimate of drug-likeness (QED) is 0.213. The summed E-state index contributed by atoms with van der Waals surface area (Å²) in [4.78, 5) is 2.43. The number of rotatable bonds is 13. The fraction of sp³-hybridized carbons (Fsp3) is 0.333. The normalized spacial score (nSPS) is 15.3. The first kappa shape index (κ1) is 26.9. The molecule has 0 aromatic heterocycles. The van der Waals surface area contributed by atoms with Crippen LogP contribution in [0.15, 0.2) is 91.0 Å². The molecule has 0 spiro atoms. The lowest BCUT2D eigenvalue weighted by molar-refractivity contribution is 0.105. The molecular weight excluding hydrogens is 488 g/mol. The third-order valence-corrected chi connectivity index (χ3v) is 6.91. The Kier molecular flexibility index (Phi) is 9.55. The van der Waals surface area contributed by atoms with E-state index in [1.807, 2.05) is 31.2 Å². The second-order valence-electron chi connectivity index (χ2n) is 9.66. The Morgan fingerprint density at radius 3 is 2.46 bits per heavy atom. The van der Waals surface area contributed by atoms with E-state index in [4.69, 9.17) is 18.9 Å². The van der Waals surface area contributed by atoms with Crippen molar-refractivity contribution in [2.24, 2.45) is 0 Å². The highest BCUT2D eigenvalue weighted by atomic mass is 16.5. The number of para-hydroxylation sites is 1. The summed E-state index contributed by atoms with van der Waals surface area (Å²) in [6, 6.07) is 31.3. The topological polar surface area (TPSA) is 52.2 Å². The van der Waals surface area contributed by atoms with Gasteiger partial charge in [-0.3, -0.25) is 0 Å². The van der Waals surface area contributed by atoms with E-state index in [0.717, 1.165) is 48.9 Å². The van der Waals surface area contributed by atoms with Crippen molar-refractivity contribution >= 4 is 16.5 Å². The van der Waals surface area contributed by atoms with E-state index in [1.165, 1.54) is 16.5 Å². The molecule has 0 unspecified atom stereocenters. The molecular formula is C33H38N2O4. The van der Waals surface area contributed by atoms with Crippen molar-refractivity contribution in [3.05, 3.63) is 96.6 Å². The van der Waals surface area contributed by atoms with E-state index >= 15 is 0 Å². The fourth-order valence-electron chi connectivity index (χ4n) is 4.89. The summed E-state index contributed by atoms with van der Waals surface area (Å²) in [7, 11) is 0.